The van der Waals surface area contributed by atoms with Gasteiger partial charge in [0.25, 0.3) is 0 Å². The van der Waals surface area contributed by atoms with Crippen LogP contribution in [-0.2, 0) is 0 Å². The van der Waals surface area contributed by atoms with Crippen LogP contribution in [0.15, 0.2) is 17.0 Å². The summed E-state index contributed by atoms with van der Waals surface area (Å²) in [7, 11) is 0. The second-order valence-corrected chi connectivity index (χ2v) is 4.16. The Bertz CT molecular complexity index is 353. The van der Waals surface area contributed by atoms with Gasteiger partial charge < -0.3 is 4.74 Å². The molecule has 0 aliphatic rings. The quantitative estimate of drug-likeness (QED) is 0.584. The number of thioether (sulfide) groups is 1. The van der Waals surface area contributed by atoms with Gasteiger partial charge in [0, 0.05) is 10.5 Å². The Morgan fingerprint density at radius 2 is 2.27 bits per heavy atom. The maximum atomic E-state index is 10.8. The number of ether oxygens (including phenoxy) is 1. The zero-order chi connectivity index (χ0) is 11.3. The number of halogens is 1. The van der Waals surface area contributed by atoms with E-state index in [-0.39, 0.29) is 0 Å². The molecule has 0 bridgehead atoms. The van der Waals surface area contributed by atoms with E-state index in [1.165, 1.54) is 11.8 Å². The van der Waals surface area contributed by atoms with Crippen LogP contribution in [0.1, 0.15) is 23.7 Å². The zero-order valence-corrected chi connectivity index (χ0v) is 10.3. The second kappa shape index (κ2) is 6.03. The summed E-state index contributed by atoms with van der Waals surface area (Å²) in [4.78, 5) is 11.5. The zero-order valence-electron chi connectivity index (χ0n) is 8.75. The number of hydrogen-bond acceptors (Lipinski definition) is 3. The van der Waals surface area contributed by atoms with Gasteiger partial charge in [-0.3, -0.25) is 4.79 Å². The van der Waals surface area contributed by atoms with Gasteiger partial charge in [-0.05, 0) is 24.8 Å². The van der Waals surface area contributed by atoms with Crippen molar-refractivity contribution < 1.29 is 9.53 Å². The molecule has 15 heavy (non-hydrogen) atoms. The molecule has 2 nitrogen and oxygen atoms in total. The van der Waals surface area contributed by atoms with E-state index in [1.54, 1.807) is 12.1 Å². The van der Waals surface area contributed by atoms with Gasteiger partial charge in [-0.2, -0.15) is 0 Å². The van der Waals surface area contributed by atoms with Crippen LogP contribution in [0.5, 0.6) is 5.75 Å². The minimum absolute atomic E-state index is 0.528. The molecular formula is C11H13ClO2S. The molecule has 82 valence electrons. The monoisotopic (exact) mass is 244 g/mol. The first-order valence-electron chi connectivity index (χ1n) is 4.69. The Hall–Kier alpha value is -0.670. The van der Waals surface area contributed by atoms with Gasteiger partial charge in [-0.25, -0.2) is 0 Å². The predicted molar refractivity (Wildman–Crippen MR) is 64.4 cm³/mol. The minimum atomic E-state index is 0.528. The van der Waals surface area contributed by atoms with Crippen LogP contribution >= 0.6 is 23.4 Å². The average Bonchev–Trinajstić information content (AvgIpc) is 2.27. The van der Waals surface area contributed by atoms with E-state index in [4.69, 9.17) is 16.3 Å². The van der Waals surface area contributed by atoms with E-state index in [2.05, 4.69) is 0 Å². The molecule has 1 rings (SSSR count). The van der Waals surface area contributed by atoms with Gasteiger partial charge in [0.2, 0.25) is 0 Å². The minimum Gasteiger partial charge on any atom is -0.492 e. The smallest absolute Gasteiger partial charge is 0.151 e. The van der Waals surface area contributed by atoms with E-state index in [0.717, 1.165) is 17.6 Å². The van der Waals surface area contributed by atoms with E-state index in [9.17, 15) is 4.79 Å². The molecule has 0 aliphatic heterocycles. The molecule has 4 heteroatoms. The van der Waals surface area contributed by atoms with Gasteiger partial charge >= 0.3 is 0 Å². The molecule has 1 aromatic rings. The fraction of sp³-hybridized carbons (Fsp3) is 0.364. The van der Waals surface area contributed by atoms with Gasteiger partial charge in [0.15, 0.2) is 6.29 Å². The van der Waals surface area contributed by atoms with Crippen molar-refractivity contribution in [3.05, 3.63) is 22.7 Å². The van der Waals surface area contributed by atoms with Gasteiger partial charge in [-0.15, -0.1) is 11.8 Å². The molecular weight excluding hydrogens is 232 g/mol. The predicted octanol–water partition coefficient (Wildman–Crippen LogP) is 3.66. The average molecular weight is 245 g/mol. The van der Waals surface area contributed by atoms with Crippen LogP contribution in [0.25, 0.3) is 0 Å². The van der Waals surface area contributed by atoms with Crippen molar-refractivity contribution in [1.29, 1.82) is 0 Å². The van der Waals surface area contributed by atoms with Crippen molar-refractivity contribution in [2.45, 2.75) is 18.2 Å². The summed E-state index contributed by atoms with van der Waals surface area (Å²) in [6.07, 6.45) is 3.62. The summed E-state index contributed by atoms with van der Waals surface area (Å²) < 4.78 is 5.47. The number of carbonyl (C=O) groups excluding carboxylic acids is 1. The number of aldehydes is 1. The van der Waals surface area contributed by atoms with Crippen LogP contribution < -0.4 is 4.74 Å². The van der Waals surface area contributed by atoms with Crippen molar-refractivity contribution >= 4 is 29.6 Å². The summed E-state index contributed by atoms with van der Waals surface area (Å²) in [5, 5.41) is 0.528. The van der Waals surface area contributed by atoms with Crippen LogP contribution in [0.3, 0.4) is 0 Å². The molecule has 0 atom stereocenters. The lowest BCUT2D eigenvalue weighted by molar-refractivity contribution is 0.112. The summed E-state index contributed by atoms with van der Waals surface area (Å²) >= 11 is 7.57. The van der Waals surface area contributed by atoms with Crippen molar-refractivity contribution in [2.24, 2.45) is 0 Å². The SMILES string of the molecule is CCCOc1ccc(C=O)c(SC)c1Cl. The van der Waals surface area contributed by atoms with Crippen LogP contribution in [-0.4, -0.2) is 19.1 Å². The summed E-state index contributed by atoms with van der Waals surface area (Å²) in [6.45, 7) is 2.66. The number of hydrogen-bond donors (Lipinski definition) is 0. The molecule has 0 aliphatic carbocycles. The Kier molecular flexibility index (Phi) is 4.99. The Morgan fingerprint density at radius 3 is 2.80 bits per heavy atom. The van der Waals surface area contributed by atoms with Gasteiger partial charge in [0.05, 0.1) is 11.6 Å². The maximum absolute atomic E-state index is 10.8. The van der Waals surface area contributed by atoms with Gasteiger partial charge in [0.1, 0.15) is 5.75 Å². The first-order chi connectivity index (χ1) is 7.24. The molecule has 0 aromatic heterocycles. The Balaban J connectivity index is 3.05. The molecule has 1 aromatic carbocycles. The summed E-state index contributed by atoms with van der Waals surface area (Å²) in [6, 6.07) is 3.47. The topological polar surface area (TPSA) is 26.3 Å². The van der Waals surface area contributed by atoms with Crippen LogP contribution in [0, 0.1) is 0 Å². The third-order valence-electron chi connectivity index (χ3n) is 1.88. The number of benzene rings is 1. The lowest BCUT2D eigenvalue weighted by Gasteiger charge is -2.10. The highest BCUT2D eigenvalue weighted by Gasteiger charge is 2.11. The van der Waals surface area contributed by atoms with Crippen molar-refractivity contribution in [3.63, 3.8) is 0 Å². The molecule has 0 amide bonds. The fourth-order valence-electron chi connectivity index (χ4n) is 1.18. The summed E-state index contributed by atoms with van der Waals surface area (Å²) in [5.41, 5.74) is 0.608. The van der Waals surface area contributed by atoms with E-state index in [1.807, 2.05) is 13.2 Å². The maximum Gasteiger partial charge on any atom is 0.151 e. The highest BCUT2D eigenvalue weighted by atomic mass is 35.5. The third kappa shape index (κ3) is 2.89. The lowest BCUT2D eigenvalue weighted by Crippen LogP contribution is -1.97. The molecule has 0 heterocycles. The van der Waals surface area contributed by atoms with Crippen molar-refractivity contribution in [3.8, 4) is 5.75 Å². The molecule has 0 radical (unpaired) electrons. The van der Waals surface area contributed by atoms with Crippen LogP contribution in [0.4, 0.5) is 0 Å². The number of carbonyl (C=O) groups is 1. The third-order valence-corrected chi connectivity index (χ3v) is 3.22. The van der Waals surface area contributed by atoms with Crippen molar-refractivity contribution in [2.75, 3.05) is 12.9 Å². The second-order valence-electron chi connectivity index (χ2n) is 2.97. The lowest BCUT2D eigenvalue weighted by atomic mass is 10.2. The highest BCUT2D eigenvalue weighted by Crippen LogP contribution is 2.36. The van der Waals surface area contributed by atoms with Crippen molar-refractivity contribution in [1.82, 2.24) is 0 Å². The molecule has 0 spiro atoms. The largest absolute Gasteiger partial charge is 0.492 e. The molecule has 0 fully saturated rings. The Labute approximate surface area is 99.0 Å². The van der Waals surface area contributed by atoms with E-state index in [0.29, 0.717) is 22.9 Å². The van der Waals surface area contributed by atoms with E-state index < -0.39 is 0 Å². The summed E-state index contributed by atoms with van der Waals surface area (Å²) in [5.74, 6) is 0.647. The molecule has 0 saturated heterocycles. The molecule has 0 unspecified atom stereocenters. The normalized spacial score (nSPS) is 10.1. The standard InChI is InChI=1S/C11H13ClO2S/c1-3-6-14-9-5-4-8(7-13)11(15-2)10(9)12/h4-5,7H,3,6H2,1-2H3. The first-order valence-corrected chi connectivity index (χ1v) is 6.29. The number of rotatable bonds is 5. The fourth-order valence-corrected chi connectivity index (χ4v) is 2.27. The van der Waals surface area contributed by atoms with Crippen LogP contribution in [0.2, 0.25) is 5.02 Å². The van der Waals surface area contributed by atoms with Gasteiger partial charge in [-0.1, -0.05) is 18.5 Å². The first kappa shape index (κ1) is 12.4. The van der Waals surface area contributed by atoms with E-state index >= 15 is 0 Å². The highest BCUT2D eigenvalue weighted by molar-refractivity contribution is 7.98. The Morgan fingerprint density at radius 1 is 1.53 bits per heavy atom. The molecule has 0 saturated carbocycles. The molecule has 0 N–H and O–H groups in total.